The van der Waals surface area contributed by atoms with Crippen molar-refractivity contribution in [2.75, 3.05) is 0 Å². The van der Waals surface area contributed by atoms with E-state index < -0.39 is 6.10 Å². The van der Waals surface area contributed by atoms with E-state index in [9.17, 15) is 9.90 Å². The summed E-state index contributed by atoms with van der Waals surface area (Å²) in [6.07, 6.45) is 3.85. The number of thiocarbonyl (C=S) groups is 1. The molecule has 4 rings (SSSR count). The molecule has 2 bridgehead atoms. The lowest BCUT2D eigenvalue weighted by atomic mass is 9.74. The van der Waals surface area contributed by atoms with Crippen molar-refractivity contribution in [2.24, 2.45) is 11.3 Å². The molecule has 0 unspecified atom stereocenters. The van der Waals surface area contributed by atoms with Crippen molar-refractivity contribution in [2.45, 2.75) is 62.2 Å². The first kappa shape index (κ1) is 19.0. The predicted octanol–water partition coefficient (Wildman–Crippen LogP) is 4.13. The maximum absolute atomic E-state index is 13.1. The van der Waals surface area contributed by atoms with E-state index >= 15 is 0 Å². The molecule has 1 spiro atoms. The highest BCUT2D eigenvalue weighted by Gasteiger charge is 2.72. The molecule has 0 aromatic heterocycles. The van der Waals surface area contributed by atoms with Gasteiger partial charge in [-0.15, -0.1) is 0 Å². The van der Waals surface area contributed by atoms with Crippen LogP contribution in [0.15, 0.2) is 46.7 Å². The quantitative estimate of drug-likeness (QED) is 0.592. The molecule has 0 radical (unpaired) electrons. The van der Waals surface area contributed by atoms with Crippen LogP contribution in [-0.2, 0) is 9.53 Å². The molecule has 3 fully saturated rings. The topological polar surface area (TPSA) is 49.8 Å². The van der Waals surface area contributed by atoms with Gasteiger partial charge in [0.15, 0.2) is 0 Å². The maximum Gasteiger partial charge on any atom is 0.267 e. The van der Waals surface area contributed by atoms with E-state index in [-0.39, 0.29) is 34.6 Å². The summed E-state index contributed by atoms with van der Waals surface area (Å²) >= 11 is 6.93. The minimum atomic E-state index is -0.839. The van der Waals surface area contributed by atoms with E-state index in [4.69, 9.17) is 17.0 Å². The molecule has 2 saturated carbocycles. The summed E-state index contributed by atoms with van der Waals surface area (Å²) in [4.78, 5) is 15.9. The second-order valence-corrected chi connectivity index (χ2v) is 9.58. The molecular formula is C21H25NO3S2. The first-order valence-corrected chi connectivity index (χ1v) is 10.7. The third-order valence-corrected chi connectivity index (χ3v) is 7.86. The zero-order chi connectivity index (χ0) is 19.2. The number of aliphatic hydroxyl groups excluding tert-OH is 1. The molecule has 1 amide bonds. The molecule has 1 aromatic carbocycles. The van der Waals surface area contributed by atoms with Crippen molar-refractivity contribution >= 4 is 35.1 Å². The number of thioether (sulfide) groups is 1. The van der Waals surface area contributed by atoms with Crippen LogP contribution in [0.4, 0.5) is 0 Å². The van der Waals surface area contributed by atoms with Crippen molar-refractivity contribution in [3.63, 3.8) is 0 Å². The summed E-state index contributed by atoms with van der Waals surface area (Å²) in [7, 11) is 0. The molecule has 1 aromatic rings. The van der Waals surface area contributed by atoms with Gasteiger partial charge in [0.1, 0.15) is 6.10 Å². The van der Waals surface area contributed by atoms with Gasteiger partial charge in [-0.25, -0.2) is 0 Å². The van der Waals surface area contributed by atoms with Crippen LogP contribution < -0.4 is 0 Å². The molecule has 4 nitrogen and oxygen atoms in total. The normalized spacial score (nSPS) is 32.0. The van der Waals surface area contributed by atoms with Crippen molar-refractivity contribution in [3.05, 3.63) is 41.8 Å². The van der Waals surface area contributed by atoms with Gasteiger partial charge in [0.25, 0.3) is 5.17 Å². The fourth-order valence-corrected chi connectivity index (χ4v) is 6.38. The Hall–Kier alpha value is -1.37. The summed E-state index contributed by atoms with van der Waals surface area (Å²) in [5.74, 6) is 0.424. The van der Waals surface area contributed by atoms with Gasteiger partial charge in [-0.2, -0.15) is 0 Å². The number of hydrogen-bond acceptors (Lipinski definition) is 5. The average molecular weight is 404 g/mol. The van der Waals surface area contributed by atoms with Gasteiger partial charge in [-0.1, -0.05) is 43.8 Å². The lowest BCUT2D eigenvalue weighted by Crippen LogP contribution is -2.57. The summed E-state index contributed by atoms with van der Waals surface area (Å²) in [6, 6.07) is 9.92. The highest BCUT2D eigenvalue weighted by Crippen LogP contribution is 2.65. The molecule has 2 aliphatic carbocycles. The standard InChI is InChI=1S/C21H25NO3S2/c1-20(2)14-8-10-21(20)17(12-14)25-19(26)22(21)18(24)13-15(23)9-11-27-16-6-4-3-5-7-16/h3-7,9,11,14-15,17,23H,8,10,12-13H2,1-2H3/b11-9+/t14-,15+,17-,21-/m1/s1. The van der Waals surface area contributed by atoms with Gasteiger partial charge in [0, 0.05) is 4.90 Å². The highest BCUT2D eigenvalue weighted by atomic mass is 32.2. The molecule has 1 heterocycles. The van der Waals surface area contributed by atoms with Gasteiger partial charge in [0.2, 0.25) is 5.91 Å². The Morgan fingerprint density at radius 1 is 1.44 bits per heavy atom. The van der Waals surface area contributed by atoms with Crippen LogP contribution in [0.3, 0.4) is 0 Å². The van der Waals surface area contributed by atoms with Crippen LogP contribution in [0.25, 0.3) is 0 Å². The maximum atomic E-state index is 13.1. The second kappa shape index (κ2) is 6.90. The Kier molecular flexibility index (Phi) is 4.85. The first-order valence-electron chi connectivity index (χ1n) is 9.46. The Balaban J connectivity index is 1.44. The smallest absolute Gasteiger partial charge is 0.267 e. The summed E-state index contributed by atoms with van der Waals surface area (Å²) in [5, 5.41) is 12.5. The number of ether oxygens (including phenoxy) is 1. The number of fused-ring (bicyclic) bond motifs is 1. The third-order valence-electron chi connectivity index (χ3n) is 6.75. The van der Waals surface area contributed by atoms with Gasteiger partial charge in [0.05, 0.1) is 18.1 Å². The second-order valence-electron chi connectivity index (χ2n) is 8.25. The SMILES string of the molecule is CC1(C)[C@@H]2CC[C@@]13[C@@H](C2)OC(=S)N3C(=O)C[C@@H](O)/C=C/Sc1ccccc1. The van der Waals surface area contributed by atoms with E-state index in [1.165, 1.54) is 11.8 Å². The van der Waals surface area contributed by atoms with Crippen LogP contribution in [0.2, 0.25) is 0 Å². The zero-order valence-electron chi connectivity index (χ0n) is 15.6. The summed E-state index contributed by atoms with van der Waals surface area (Å²) in [6.45, 7) is 4.46. The third kappa shape index (κ3) is 2.93. The van der Waals surface area contributed by atoms with Gasteiger partial charge >= 0.3 is 0 Å². The van der Waals surface area contributed by atoms with Crippen LogP contribution in [0.5, 0.6) is 0 Å². The molecule has 1 saturated heterocycles. The fourth-order valence-electron chi connectivity index (χ4n) is 5.27. The van der Waals surface area contributed by atoms with E-state index in [0.29, 0.717) is 5.92 Å². The monoisotopic (exact) mass is 403 g/mol. The van der Waals surface area contributed by atoms with Crippen LogP contribution in [-0.4, -0.2) is 38.8 Å². The van der Waals surface area contributed by atoms with Crippen LogP contribution in [0, 0.1) is 11.3 Å². The summed E-state index contributed by atoms with van der Waals surface area (Å²) in [5.41, 5.74) is -0.355. The lowest BCUT2D eigenvalue weighted by Gasteiger charge is -2.42. The number of aliphatic hydroxyl groups is 1. The Morgan fingerprint density at radius 3 is 2.89 bits per heavy atom. The molecule has 4 atom stereocenters. The first-order chi connectivity index (χ1) is 12.9. The minimum absolute atomic E-state index is 0.00372. The number of amides is 1. The molecule has 1 N–H and O–H groups in total. The Labute approximate surface area is 170 Å². The molecule has 144 valence electrons. The van der Waals surface area contributed by atoms with Crippen molar-refractivity contribution in [1.29, 1.82) is 0 Å². The number of benzene rings is 1. The van der Waals surface area contributed by atoms with E-state index in [1.54, 1.807) is 11.0 Å². The van der Waals surface area contributed by atoms with Crippen LogP contribution in [0.1, 0.15) is 39.5 Å². The molecule has 3 aliphatic rings. The minimum Gasteiger partial charge on any atom is -0.465 e. The number of carbonyl (C=O) groups is 1. The van der Waals surface area contributed by atoms with Crippen LogP contribution >= 0.6 is 24.0 Å². The number of nitrogens with zero attached hydrogens (tertiary/aromatic N) is 1. The number of hydrogen-bond donors (Lipinski definition) is 1. The Bertz CT molecular complexity index is 779. The molecular weight excluding hydrogens is 378 g/mol. The van der Waals surface area contributed by atoms with E-state index in [0.717, 1.165) is 24.2 Å². The zero-order valence-corrected chi connectivity index (χ0v) is 17.3. The van der Waals surface area contributed by atoms with Crippen molar-refractivity contribution in [3.8, 4) is 0 Å². The largest absolute Gasteiger partial charge is 0.465 e. The van der Waals surface area contributed by atoms with Gasteiger partial charge < -0.3 is 9.84 Å². The highest BCUT2D eigenvalue weighted by molar-refractivity contribution is 8.02. The van der Waals surface area contributed by atoms with E-state index in [1.807, 2.05) is 35.7 Å². The average Bonchev–Trinajstić information content (AvgIpc) is 3.14. The van der Waals surface area contributed by atoms with Crippen molar-refractivity contribution in [1.82, 2.24) is 4.90 Å². The predicted molar refractivity (Wildman–Crippen MR) is 110 cm³/mol. The number of carbonyl (C=O) groups excluding carboxylic acids is 1. The van der Waals surface area contributed by atoms with Crippen molar-refractivity contribution < 1.29 is 14.6 Å². The number of rotatable bonds is 5. The summed E-state index contributed by atoms with van der Waals surface area (Å²) < 4.78 is 5.93. The lowest BCUT2D eigenvalue weighted by molar-refractivity contribution is -0.135. The van der Waals surface area contributed by atoms with E-state index in [2.05, 4.69) is 13.8 Å². The molecule has 1 aliphatic heterocycles. The molecule has 6 heteroatoms. The Morgan fingerprint density at radius 2 is 2.19 bits per heavy atom. The van der Waals surface area contributed by atoms with Gasteiger partial charge in [-0.05, 0) is 66.4 Å². The molecule has 27 heavy (non-hydrogen) atoms. The van der Waals surface area contributed by atoms with Gasteiger partial charge in [-0.3, -0.25) is 9.69 Å². The fraction of sp³-hybridized carbons (Fsp3) is 0.524.